The Morgan fingerprint density at radius 1 is 1.41 bits per heavy atom. The Kier molecular flexibility index (Phi) is 5.36. The van der Waals surface area contributed by atoms with Crippen LogP contribution < -0.4 is 15.3 Å². The normalized spacial score (nSPS) is 10.5. The molecule has 0 aromatic heterocycles. The Hall–Kier alpha value is -1.68. The maximum Gasteiger partial charge on any atom is 0.163 e. The van der Waals surface area contributed by atoms with Gasteiger partial charge in [0.25, 0.3) is 0 Å². The highest BCUT2D eigenvalue weighted by atomic mass is 35.5. The maximum atomic E-state index is 6.05. The Morgan fingerprint density at radius 2 is 2.12 bits per heavy atom. The molecule has 4 nitrogen and oxygen atoms in total. The van der Waals surface area contributed by atoms with Crippen LogP contribution in [-0.4, -0.2) is 19.4 Å². The molecule has 17 heavy (non-hydrogen) atoms. The van der Waals surface area contributed by atoms with Crippen LogP contribution in [0, 0.1) is 0 Å². The van der Waals surface area contributed by atoms with Gasteiger partial charge in [-0.1, -0.05) is 24.3 Å². The molecule has 0 saturated heterocycles. The van der Waals surface area contributed by atoms with Gasteiger partial charge >= 0.3 is 0 Å². The largest absolute Gasteiger partial charge is 0.490 e. The smallest absolute Gasteiger partial charge is 0.163 e. The lowest BCUT2D eigenvalue weighted by Crippen LogP contribution is -2.00. The minimum absolute atomic E-state index is 0.390. The molecule has 1 aromatic rings. The zero-order chi connectivity index (χ0) is 12.7. The molecular weight excluding hydrogens is 240 g/mol. The van der Waals surface area contributed by atoms with Crippen molar-refractivity contribution < 1.29 is 9.47 Å². The molecule has 92 valence electrons. The van der Waals surface area contributed by atoms with Crippen LogP contribution in [0.2, 0.25) is 5.02 Å². The highest BCUT2D eigenvalue weighted by Gasteiger charge is 2.09. The van der Waals surface area contributed by atoms with Crippen molar-refractivity contribution in [1.29, 1.82) is 0 Å². The number of hydrogen-bond donors (Lipinski definition) is 1. The van der Waals surface area contributed by atoms with Crippen LogP contribution in [0.3, 0.4) is 0 Å². The molecule has 0 fully saturated rings. The van der Waals surface area contributed by atoms with Crippen molar-refractivity contribution in [3.05, 3.63) is 35.4 Å². The Balaban J connectivity index is 3.10. The number of halogens is 1. The Labute approximate surface area is 106 Å². The van der Waals surface area contributed by atoms with Crippen LogP contribution in [0.4, 0.5) is 0 Å². The molecule has 0 unspecified atom stereocenters. The molecule has 0 saturated carbocycles. The molecule has 0 amide bonds. The Morgan fingerprint density at radius 3 is 2.71 bits per heavy atom. The van der Waals surface area contributed by atoms with E-state index in [4.69, 9.17) is 26.9 Å². The average Bonchev–Trinajstić information content (AvgIpc) is 2.32. The summed E-state index contributed by atoms with van der Waals surface area (Å²) < 4.78 is 10.9. The number of ether oxygens (including phenoxy) is 2. The maximum absolute atomic E-state index is 6.05. The molecule has 0 radical (unpaired) electrons. The zero-order valence-electron chi connectivity index (χ0n) is 9.65. The molecule has 0 bridgehead atoms. The lowest BCUT2D eigenvalue weighted by atomic mass is 10.2. The molecule has 0 aliphatic carbocycles. The van der Waals surface area contributed by atoms with Crippen LogP contribution in [0.15, 0.2) is 29.9 Å². The first-order chi connectivity index (χ1) is 8.22. The summed E-state index contributed by atoms with van der Waals surface area (Å²) in [5.74, 6) is 6.28. The molecule has 0 spiro atoms. The number of hydrazone groups is 1. The van der Waals surface area contributed by atoms with E-state index in [-0.39, 0.29) is 0 Å². The van der Waals surface area contributed by atoms with E-state index in [0.29, 0.717) is 35.3 Å². The van der Waals surface area contributed by atoms with Gasteiger partial charge in [0.1, 0.15) is 6.61 Å². The van der Waals surface area contributed by atoms with E-state index in [0.717, 1.165) is 0 Å². The van der Waals surface area contributed by atoms with Crippen LogP contribution in [0.25, 0.3) is 0 Å². The lowest BCUT2D eigenvalue weighted by Gasteiger charge is -2.12. The molecule has 0 atom stereocenters. The number of hydrogen-bond acceptors (Lipinski definition) is 4. The first kappa shape index (κ1) is 13.4. The summed E-state index contributed by atoms with van der Waals surface area (Å²) in [7, 11) is 0. The Bertz CT molecular complexity index is 419. The van der Waals surface area contributed by atoms with Gasteiger partial charge in [-0.15, -0.1) is 0 Å². The van der Waals surface area contributed by atoms with E-state index in [1.807, 2.05) is 6.92 Å². The van der Waals surface area contributed by atoms with Gasteiger partial charge in [0.2, 0.25) is 0 Å². The summed E-state index contributed by atoms with van der Waals surface area (Å²) in [5, 5.41) is 3.94. The predicted octanol–water partition coefficient (Wildman–Crippen LogP) is 2.60. The van der Waals surface area contributed by atoms with E-state index in [1.165, 1.54) is 6.21 Å². The fraction of sp³-hybridized carbons (Fsp3) is 0.250. The van der Waals surface area contributed by atoms with Crippen molar-refractivity contribution >= 4 is 17.8 Å². The van der Waals surface area contributed by atoms with Gasteiger partial charge in [-0.05, 0) is 13.0 Å². The molecule has 1 rings (SSSR count). The van der Waals surface area contributed by atoms with Crippen molar-refractivity contribution in [3.8, 4) is 11.5 Å². The van der Waals surface area contributed by atoms with Gasteiger partial charge in [0.15, 0.2) is 11.5 Å². The van der Waals surface area contributed by atoms with Crippen molar-refractivity contribution in [2.45, 2.75) is 6.92 Å². The molecule has 0 heterocycles. The lowest BCUT2D eigenvalue weighted by molar-refractivity contribution is 0.297. The molecule has 0 aliphatic heterocycles. The van der Waals surface area contributed by atoms with Gasteiger partial charge in [0, 0.05) is 11.6 Å². The third kappa shape index (κ3) is 3.67. The van der Waals surface area contributed by atoms with E-state index >= 15 is 0 Å². The monoisotopic (exact) mass is 254 g/mol. The third-order valence-corrected chi connectivity index (χ3v) is 2.26. The van der Waals surface area contributed by atoms with Crippen LogP contribution in [0.1, 0.15) is 12.5 Å². The second kappa shape index (κ2) is 6.81. The van der Waals surface area contributed by atoms with Gasteiger partial charge in [0.05, 0.1) is 17.8 Å². The second-order valence-corrected chi connectivity index (χ2v) is 3.54. The summed E-state index contributed by atoms with van der Waals surface area (Å²) in [5.41, 5.74) is 0.684. The van der Waals surface area contributed by atoms with Crippen molar-refractivity contribution in [2.75, 3.05) is 13.2 Å². The van der Waals surface area contributed by atoms with Crippen LogP contribution >= 0.6 is 11.6 Å². The van der Waals surface area contributed by atoms with Gasteiger partial charge in [-0.3, -0.25) is 0 Å². The van der Waals surface area contributed by atoms with E-state index in [2.05, 4.69) is 11.7 Å². The SMILES string of the molecule is C=CCOc1cc(Cl)c(C=NN)cc1OCC. The average molecular weight is 255 g/mol. The van der Waals surface area contributed by atoms with Gasteiger partial charge in [-0.25, -0.2) is 0 Å². The fourth-order valence-electron chi connectivity index (χ4n) is 1.26. The number of nitrogens with two attached hydrogens (primary N) is 1. The molecule has 0 aliphatic rings. The van der Waals surface area contributed by atoms with Crippen molar-refractivity contribution in [3.63, 3.8) is 0 Å². The first-order valence-electron chi connectivity index (χ1n) is 5.16. The minimum atomic E-state index is 0.390. The second-order valence-electron chi connectivity index (χ2n) is 3.13. The molecular formula is C12H15ClN2O2. The fourth-order valence-corrected chi connectivity index (χ4v) is 1.46. The highest BCUT2D eigenvalue weighted by Crippen LogP contribution is 2.33. The summed E-state index contributed by atoms with van der Waals surface area (Å²) in [6.07, 6.45) is 3.11. The third-order valence-electron chi connectivity index (χ3n) is 1.93. The van der Waals surface area contributed by atoms with Crippen LogP contribution in [0.5, 0.6) is 11.5 Å². The number of benzene rings is 1. The van der Waals surface area contributed by atoms with Gasteiger partial charge < -0.3 is 15.3 Å². The topological polar surface area (TPSA) is 56.8 Å². The van der Waals surface area contributed by atoms with Crippen LogP contribution in [-0.2, 0) is 0 Å². The highest BCUT2D eigenvalue weighted by molar-refractivity contribution is 6.33. The molecule has 1 aromatic carbocycles. The summed E-state index contributed by atoms with van der Waals surface area (Å²) in [4.78, 5) is 0. The molecule has 2 N–H and O–H groups in total. The van der Waals surface area contributed by atoms with Crippen molar-refractivity contribution in [1.82, 2.24) is 0 Å². The summed E-state index contributed by atoms with van der Waals surface area (Å²) in [6.45, 7) is 6.40. The summed E-state index contributed by atoms with van der Waals surface area (Å²) in [6, 6.07) is 3.41. The standard InChI is InChI=1S/C12H15ClN2O2/c1-3-5-17-12-7-10(13)9(8-15-14)6-11(12)16-4-2/h3,6-8H,1,4-5,14H2,2H3. The van der Waals surface area contributed by atoms with E-state index in [1.54, 1.807) is 18.2 Å². The zero-order valence-corrected chi connectivity index (χ0v) is 10.4. The predicted molar refractivity (Wildman–Crippen MR) is 70.1 cm³/mol. The quantitative estimate of drug-likeness (QED) is 0.367. The summed E-state index contributed by atoms with van der Waals surface area (Å²) >= 11 is 6.05. The minimum Gasteiger partial charge on any atom is -0.490 e. The molecule has 5 heteroatoms. The van der Waals surface area contributed by atoms with E-state index in [9.17, 15) is 0 Å². The first-order valence-corrected chi connectivity index (χ1v) is 5.54. The number of nitrogens with zero attached hydrogens (tertiary/aromatic N) is 1. The van der Waals surface area contributed by atoms with E-state index < -0.39 is 0 Å². The number of rotatable bonds is 6. The van der Waals surface area contributed by atoms with Gasteiger partial charge in [-0.2, -0.15) is 5.10 Å². The van der Waals surface area contributed by atoms with Crippen molar-refractivity contribution in [2.24, 2.45) is 10.9 Å².